The number of aromatic amines is 1. The highest BCUT2D eigenvalue weighted by atomic mass is 16.2. The zero-order chi connectivity index (χ0) is 18.2. The number of amides is 3. The Bertz CT molecular complexity index is 803. The van der Waals surface area contributed by atoms with Crippen LogP contribution >= 0.6 is 0 Å². The molecule has 3 amide bonds. The Balaban J connectivity index is 1.65. The summed E-state index contributed by atoms with van der Waals surface area (Å²) in [5, 5.41) is 3.98. The molecule has 0 radical (unpaired) electrons. The molecular formula is C19H26N4O2. The molecule has 6 nitrogen and oxygen atoms in total. The Labute approximate surface area is 147 Å². The van der Waals surface area contributed by atoms with E-state index in [-0.39, 0.29) is 23.3 Å². The molecule has 25 heavy (non-hydrogen) atoms. The van der Waals surface area contributed by atoms with E-state index < -0.39 is 0 Å². The summed E-state index contributed by atoms with van der Waals surface area (Å²) in [5.74, 6) is 0.138. The molecule has 1 fully saturated rings. The molecule has 1 aliphatic rings. The van der Waals surface area contributed by atoms with Gasteiger partial charge in [0.25, 0.3) is 5.91 Å². The minimum absolute atomic E-state index is 0.0660. The molecule has 6 heteroatoms. The van der Waals surface area contributed by atoms with Crippen molar-refractivity contribution in [1.29, 1.82) is 0 Å². The van der Waals surface area contributed by atoms with E-state index in [1.807, 2.05) is 12.1 Å². The number of aromatic nitrogens is 1. The summed E-state index contributed by atoms with van der Waals surface area (Å²) in [6, 6.07) is 7.74. The summed E-state index contributed by atoms with van der Waals surface area (Å²) in [4.78, 5) is 28.4. The molecule has 134 valence electrons. The molecule has 1 aromatic carbocycles. The molecule has 1 atom stereocenters. The normalized spacial score (nSPS) is 17.9. The van der Waals surface area contributed by atoms with E-state index in [0.29, 0.717) is 25.3 Å². The minimum Gasteiger partial charge on any atom is -0.351 e. The zero-order valence-corrected chi connectivity index (χ0v) is 15.1. The Kier molecular flexibility index (Phi) is 4.45. The average Bonchev–Trinajstić information content (AvgIpc) is 3.17. The van der Waals surface area contributed by atoms with Gasteiger partial charge >= 0.3 is 6.03 Å². The van der Waals surface area contributed by atoms with Crippen molar-refractivity contribution in [3.05, 3.63) is 35.5 Å². The van der Waals surface area contributed by atoms with Crippen molar-refractivity contribution in [3.8, 4) is 0 Å². The molecule has 3 rings (SSSR count). The second kappa shape index (κ2) is 6.43. The Hall–Kier alpha value is -2.50. The average molecular weight is 342 g/mol. The van der Waals surface area contributed by atoms with Crippen molar-refractivity contribution in [2.24, 2.45) is 11.7 Å². The van der Waals surface area contributed by atoms with Crippen LogP contribution in [0.5, 0.6) is 0 Å². The monoisotopic (exact) mass is 342 g/mol. The fourth-order valence-electron chi connectivity index (χ4n) is 3.25. The van der Waals surface area contributed by atoms with Crippen LogP contribution in [0.2, 0.25) is 0 Å². The van der Waals surface area contributed by atoms with Gasteiger partial charge in [-0.2, -0.15) is 0 Å². The molecule has 0 bridgehead atoms. The van der Waals surface area contributed by atoms with Crippen molar-refractivity contribution in [2.45, 2.75) is 32.6 Å². The number of benzene rings is 1. The van der Waals surface area contributed by atoms with Crippen LogP contribution in [0.1, 0.15) is 43.2 Å². The van der Waals surface area contributed by atoms with E-state index in [2.05, 4.69) is 43.2 Å². The maximum Gasteiger partial charge on any atom is 0.314 e. The lowest BCUT2D eigenvalue weighted by atomic mass is 9.87. The molecule has 0 aliphatic carbocycles. The van der Waals surface area contributed by atoms with E-state index in [4.69, 9.17) is 5.73 Å². The third-order valence-corrected chi connectivity index (χ3v) is 4.88. The number of hydrogen-bond acceptors (Lipinski definition) is 2. The smallest absolute Gasteiger partial charge is 0.314 e. The summed E-state index contributed by atoms with van der Waals surface area (Å²) in [6.07, 6.45) is 0.866. The molecule has 1 aliphatic heterocycles. The number of carbonyl (C=O) groups excluding carboxylic acids is 2. The van der Waals surface area contributed by atoms with Crippen LogP contribution in [0, 0.1) is 5.92 Å². The van der Waals surface area contributed by atoms with E-state index in [0.717, 1.165) is 17.3 Å². The molecular weight excluding hydrogens is 316 g/mol. The Morgan fingerprint density at radius 1 is 1.32 bits per heavy atom. The molecule has 2 heterocycles. The van der Waals surface area contributed by atoms with Crippen LogP contribution < -0.4 is 11.1 Å². The molecule has 1 aromatic heterocycles. The lowest BCUT2D eigenvalue weighted by Crippen LogP contribution is -2.35. The Morgan fingerprint density at radius 3 is 2.72 bits per heavy atom. The van der Waals surface area contributed by atoms with Crippen LogP contribution in [0.25, 0.3) is 10.9 Å². The van der Waals surface area contributed by atoms with Crippen LogP contribution in [-0.4, -0.2) is 41.5 Å². The molecule has 0 spiro atoms. The number of likely N-dealkylation sites (tertiary alicyclic amines) is 1. The fourth-order valence-corrected chi connectivity index (χ4v) is 3.25. The van der Waals surface area contributed by atoms with Gasteiger partial charge in [0.15, 0.2) is 0 Å². The van der Waals surface area contributed by atoms with Crippen molar-refractivity contribution >= 4 is 22.8 Å². The third kappa shape index (κ3) is 3.78. The summed E-state index contributed by atoms with van der Waals surface area (Å²) in [7, 11) is 0. The van der Waals surface area contributed by atoms with Gasteiger partial charge in [0, 0.05) is 30.5 Å². The second-order valence-corrected chi connectivity index (χ2v) is 7.88. The predicted octanol–water partition coefficient (Wildman–Crippen LogP) is 2.60. The number of carbonyl (C=O) groups is 2. The summed E-state index contributed by atoms with van der Waals surface area (Å²) in [6.45, 7) is 8.32. The highest BCUT2D eigenvalue weighted by Crippen LogP contribution is 2.26. The first-order chi connectivity index (χ1) is 11.7. The van der Waals surface area contributed by atoms with Gasteiger partial charge in [-0.1, -0.05) is 32.9 Å². The summed E-state index contributed by atoms with van der Waals surface area (Å²) >= 11 is 0. The van der Waals surface area contributed by atoms with Gasteiger partial charge in [0.05, 0.1) is 0 Å². The largest absolute Gasteiger partial charge is 0.351 e. The fraction of sp³-hybridized carbons (Fsp3) is 0.474. The predicted molar refractivity (Wildman–Crippen MR) is 98.6 cm³/mol. The second-order valence-electron chi connectivity index (χ2n) is 7.88. The third-order valence-electron chi connectivity index (χ3n) is 4.88. The van der Waals surface area contributed by atoms with Gasteiger partial charge in [0.2, 0.25) is 0 Å². The number of nitrogens with one attached hydrogen (secondary N) is 2. The van der Waals surface area contributed by atoms with E-state index in [9.17, 15) is 9.59 Å². The zero-order valence-electron chi connectivity index (χ0n) is 15.1. The highest BCUT2D eigenvalue weighted by molar-refractivity contribution is 5.98. The maximum atomic E-state index is 12.4. The highest BCUT2D eigenvalue weighted by Gasteiger charge is 2.25. The maximum absolute atomic E-state index is 12.4. The summed E-state index contributed by atoms with van der Waals surface area (Å²) in [5.41, 5.74) is 8.11. The number of rotatable bonds is 3. The number of nitrogens with two attached hydrogens (primary N) is 1. The standard InChI is InChI=1S/C19H26N4O2/c1-19(2,3)14-5-4-13-8-16(22-15(13)9-14)17(24)21-10-12-6-7-23(11-12)18(20)25/h4-5,8-9,12,22H,6-7,10-11H2,1-3H3,(H2,20,25)(H,21,24)/t12-/m1/s1. The molecule has 0 unspecified atom stereocenters. The van der Waals surface area contributed by atoms with Gasteiger partial charge in [-0.15, -0.1) is 0 Å². The van der Waals surface area contributed by atoms with E-state index in [1.165, 1.54) is 5.56 Å². The van der Waals surface area contributed by atoms with E-state index in [1.54, 1.807) is 4.90 Å². The number of nitrogens with zero attached hydrogens (tertiary/aromatic N) is 1. The lowest BCUT2D eigenvalue weighted by Gasteiger charge is -2.18. The number of urea groups is 1. The topological polar surface area (TPSA) is 91.2 Å². The van der Waals surface area contributed by atoms with Crippen LogP contribution in [0.4, 0.5) is 4.79 Å². The van der Waals surface area contributed by atoms with Gasteiger partial charge in [-0.25, -0.2) is 4.79 Å². The lowest BCUT2D eigenvalue weighted by molar-refractivity contribution is 0.0943. The first-order valence-electron chi connectivity index (χ1n) is 8.70. The number of fused-ring (bicyclic) bond motifs is 1. The molecule has 4 N–H and O–H groups in total. The van der Waals surface area contributed by atoms with Crippen molar-refractivity contribution in [2.75, 3.05) is 19.6 Å². The van der Waals surface area contributed by atoms with E-state index >= 15 is 0 Å². The minimum atomic E-state index is -0.390. The summed E-state index contributed by atoms with van der Waals surface area (Å²) < 4.78 is 0. The van der Waals surface area contributed by atoms with Gasteiger partial charge in [-0.05, 0) is 35.4 Å². The molecule has 0 saturated carbocycles. The Morgan fingerprint density at radius 2 is 2.08 bits per heavy atom. The van der Waals surface area contributed by atoms with Crippen molar-refractivity contribution < 1.29 is 9.59 Å². The number of hydrogen-bond donors (Lipinski definition) is 3. The first-order valence-corrected chi connectivity index (χ1v) is 8.70. The van der Waals surface area contributed by atoms with Crippen molar-refractivity contribution in [1.82, 2.24) is 15.2 Å². The first kappa shape index (κ1) is 17.3. The van der Waals surface area contributed by atoms with Gasteiger partial charge in [-0.3, -0.25) is 4.79 Å². The van der Waals surface area contributed by atoms with Gasteiger partial charge < -0.3 is 20.9 Å². The van der Waals surface area contributed by atoms with Crippen molar-refractivity contribution in [3.63, 3.8) is 0 Å². The molecule has 2 aromatic rings. The molecule has 1 saturated heterocycles. The van der Waals surface area contributed by atoms with Crippen LogP contribution in [-0.2, 0) is 5.41 Å². The number of H-pyrrole nitrogens is 1. The van der Waals surface area contributed by atoms with Gasteiger partial charge in [0.1, 0.15) is 5.69 Å². The SMILES string of the molecule is CC(C)(C)c1ccc2cc(C(=O)NC[C@H]3CCN(C(N)=O)C3)[nH]c2c1. The number of primary amides is 1. The quantitative estimate of drug-likeness (QED) is 0.800. The van der Waals surface area contributed by atoms with Crippen LogP contribution in [0.15, 0.2) is 24.3 Å². The van der Waals surface area contributed by atoms with Crippen LogP contribution in [0.3, 0.4) is 0 Å².